The molecular weight excluding hydrogens is 410 g/mol. The second-order valence-corrected chi connectivity index (χ2v) is 9.01. The van der Waals surface area contributed by atoms with E-state index >= 15 is 0 Å². The number of halogens is 2. The summed E-state index contributed by atoms with van der Waals surface area (Å²) in [5, 5.41) is 2.98. The summed E-state index contributed by atoms with van der Waals surface area (Å²) in [6.45, 7) is 7.46. The van der Waals surface area contributed by atoms with Crippen LogP contribution >= 0.6 is 11.3 Å². The Morgan fingerprint density at radius 1 is 1.20 bits per heavy atom. The van der Waals surface area contributed by atoms with E-state index in [0.29, 0.717) is 11.4 Å². The number of Topliss-reactive ketones (excluding diaryl/α,β-unsaturated/α-hetero) is 2. The Kier molecular flexibility index (Phi) is 6.45. The lowest BCUT2D eigenvalue weighted by molar-refractivity contribution is -0.124. The molecule has 1 amide bonds. The van der Waals surface area contributed by atoms with Gasteiger partial charge in [0.25, 0.3) is 12.3 Å². The molecule has 1 aliphatic rings. The third-order valence-electron chi connectivity index (χ3n) is 5.43. The first-order valence-electron chi connectivity index (χ1n) is 9.78. The maximum absolute atomic E-state index is 13.0. The molecule has 2 atom stereocenters. The predicted octanol–water partition coefficient (Wildman–Crippen LogP) is 4.38. The van der Waals surface area contributed by atoms with Crippen molar-refractivity contribution in [1.82, 2.24) is 10.3 Å². The van der Waals surface area contributed by atoms with Crippen LogP contribution in [0.2, 0.25) is 0 Å². The Morgan fingerprint density at radius 2 is 1.83 bits per heavy atom. The van der Waals surface area contributed by atoms with Gasteiger partial charge in [-0.15, -0.1) is 11.3 Å². The van der Waals surface area contributed by atoms with Crippen LogP contribution in [0.1, 0.15) is 67.8 Å². The normalized spacial score (nSPS) is 19.0. The number of alkyl halides is 2. The lowest BCUT2D eigenvalue weighted by Gasteiger charge is -2.16. The first-order valence-corrected chi connectivity index (χ1v) is 10.6. The van der Waals surface area contributed by atoms with E-state index in [1.807, 2.05) is 32.9 Å². The molecular formula is C22H24F2N2O3S. The number of benzene rings is 1. The van der Waals surface area contributed by atoms with Crippen LogP contribution in [0.15, 0.2) is 12.1 Å². The summed E-state index contributed by atoms with van der Waals surface area (Å²) in [5.74, 6) is -2.12. The molecule has 30 heavy (non-hydrogen) atoms. The number of carbonyl (C=O) groups excluding carboxylic acids is 3. The monoisotopic (exact) mass is 434 g/mol. The van der Waals surface area contributed by atoms with Crippen LogP contribution < -0.4 is 5.32 Å². The van der Waals surface area contributed by atoms with Crippen molar-refractivity contribution in [3.8, 4) is 0 Å². The zero-order valence-electron chi connectivity index (χ0n) is 17.3. The second-order valence-electron chi connectivity index (χ2n) is 7.81. The minimum atomic E-state index is -2.83. The summed E-state index contributed by atoms with van der Waals surface area (Å²) in [4.78, 5) is 41.5. The highest BCUT2D eigenvalue weighted by Crippen LogP contribution is 2.37. The molecule has 160 valence electrons. The highest BCUT2D eigenvalue weighted by Gasteiger charge is 2.42. The molecule has 8 heteroatoms. The molecule has 1 heterocycles. The van der Waals surface area contributed by atoms with Crippen LogP contribution in [0.5, 0.6) is 0 Å². The molecule has 0 bridgehead atoms. The number of hydrogen-bond donors (Lipinski definition) is 1. The molecule has 0 saturated heterocycles. The number of aryl methyl sites for hydroxylation is 4. The molecule has 3 rings (SSSR count). The second kappa shape index (κ2) is 8.71. The fraction of sp³-hybridized carbons (Fsp3) is 0.455. The molecule has 2 unspecified atom stereocenters. The fourth-order valence-corrected chi connectivity index (χ4v) is 5.09. The van der Waals surface area contributed by atoms with Gasteiger partial charge in [-0.25, -0.2) is 13.8 Å². The molecule has 2 aromatic rings. The van der Waals surface area contributed by atoms with Gasteiger partial charge in [0.15, 0.2) is 5.78 Å². The third kappa shape index (κ3) is 4.33. The van der Waals surface area contributed by atoms with Gasteiger partial charge in [0.2, 0.25) is 0 Å². The van der Waals surface area contributed by atoms with Crippen molar-refractivity contribution in [3.05, 3.63) is 50.0 Å². The maximum atomic E-state index is 13.0. The summed E-state index contributed by atoms with van der Waals surface area (Å²) in [7, 11) is 0. The van der Waals surface area contributed by atoms with Gasteiger partial charge >= 0.3 is 0 Å². The van der Waals surface area contributed by atoms with E-state index in [9.17, 15) is 23.2 Å². The lowest BCUT2D eigenvalue weighted by Crippen LogP contribution is -2.27. The van der Waals surface area contributed by atoms with Gasteiger partial charge in [-0.05, 0) is 50.8 Å². The minimum Gasteiger partial charge on any atom is -0.351 e. The van der Waals surface area contributed by atoms with Gasteiger partial charge < -0.3 is 5.32 Å². The van der Waals surface area contributed by atoms with Gasteiger partial charge in [0, 0.05) is 18.9 Å². The summed E-state index contributed by atoms with van der Waals surface area (Å²) < 4.78 is 26.1. The van der Waals surface area contributed by atoms with Gasteiger partial charge in [-0.2, -0.15) is 0 Å². The van der Waals surface area contributed by atoms with Crippen molar-refractivity contribution in [2.75, 3.05) is 6.54 Å². The molecule has 1 aromatic heterocycles. The third-order valence-corrected chi connectivity index (χ3v) is 6.42. The molecule has 0 aliphatic heterocycles. The van der Waals surface area contributed by atoms with E-state index in [1.54, 1.807) is 6.92 Å². The van der Waals surface area contributed by atoms with Crippen LogP contribution in [0.3, 0.4) is 0 Å². The predicted molar refractivity (Wildman–Crippen MR) is 110 cm³/mol. The van der Waals surface area contributed by atoms with E-state index < -0.39 is 29.9 Å². The van der Waals surface area contributed by atoms with Crippen LogP contribution in [-0.4, -0.2) is 29.0 Å². The Labute approximate surface area is 177 Å². The van der Waals surface area contributed by atoms with Crippen molar-refractivity contribution >= 4 is 28.8 Å². The summed E-state index contributed by atoms with van der Waals surface area (Å²) >= 11 is 0.912. The quantitative estimate of drug-likeness (QED) is 0.685. The zero-order valence-corrected chi connectivity index (χ0v) is 18.2. The molecule has 1 saturated carbocycles. The number of aromatic nitrogens is 1. The van der Waals surface area contributed by atoms with Gasteiger partial charge in [-0.1, -0.05) is 17.7 Å². The fourth-order valence-electron chi connectivity index (χ4n) is 4.24. The summed E-state index contributed by atoms with van der Waals surface area (Å²) in [6, 6.07) is 3.93. The molecule has 5 nitrogen and oxygen atoms in total. The van der Waals surface area contributed by atoms with E-state index in [4.69, 9.17) is 0 Å². The molecule has 0 radical (unpaired) electrons. The van der Waals surface area contributed by atoms with Crippen molar-refractivity contribution < 1.29 is 23.2 Å². The number of rotatable bonds is 6. The van der Waals surface area contributed by atoms with Gasteiger partial charge in [0.1, 0.15) is 22.3 Å². The SMILES string of the molecule is Cc1cc(C)c(C2C(=O)CC(CCNC(=O)c3sc(C)nc3C(F)F)C2=O)c(C)c1. The topological polar surface area (TPSA) is 76.1 Å². The van der Waals surface area contributed by atoms with Crippen LogP contribution in [0, 0.1) is 33.6 Å². The Balaban J connectivity index is 1.66. The first-order chi connectivity index (χ1) is 14.1. The first kappa shape index (κ1) is 22.2. The Bertz CT molecular complexity index is 993. The van der Waals surface area contributed by atoms with Crippen molar-refractivity contribution in [2.24, 2.45) is 5.92 Å². The Morgan fingerprint density at radius 3 is 2.43 bits per heavy atom. The molecule has 1 aliphatic carbocycles. The number of ketones is 2. The molecule has 0 spiro atoms. The van der Waals surface area contributed by atoms with E-state index in [1.165, 1.54) is 0 Å². The average Bonchev–Trinajstić information content (AvgIpc) is 3.16. The van der Waals surface area contributed by atoms with Crippen molar-refractivity contribution in [1.29, 1.82) is 0 Å². The Hall–Kier alpha value is -2.48. The van der Waals surface area contributed by atoms with Crippen molar-refractivity contribution in [2.45, 2.75) is 52.9 Å². The van der Waals surface area contributed by atoms with Gasteiger partial charge in [-0.3, -0.25) is 14.4 Å². The molecule has 1 fully saturated rings. The number of amides is 1. The van der Waals surface area contributed by atoms with Crippen LogP contribution in [-0.2, 0) is 9.59 Å². The number of thiazole rings is 1. The zero-order chi connectivity index (χ0) is 22.2. The number of hydrogen-bond acceptors (Lipinski definition) is 5. The van der Waals surface area contributed by atoms with E-state index in [2.05, 4.69) is 10.3 Å². The lowest BCUT2D eigenvalue weighted by atomic mass is 9.86. The maximum Gasteiger partial charge on any atom is 0.282 e. The standard InChI is InChI=1S/C22H24F2N2O3S/c1-10-7-11(2)16(12(3)8-10)17-15(27)9-14(19(17)28)5-6-25-22(29)20-18(21(23)24)26-13(4)30-20/h7-8,14,17,21H,5-6,9H2,1-4H3,(H,25,29). The molecule has 1 N–H and O–H groups in total. The summed E-state index contributed by atoms with van der Waals surface area (Å²) in [5.41, 5.74) is 3.19. The van der Waals surface area contributed by atoms with Gasteiger partial charge in [0.05, 0.1) is 5.01 Å². The van der Waals surface area contributed by atoms with Crippen molar-refractivity contribution in [3.63, 3.8) is 0 Å². The largest absolute Gasteiger partial charge is 0.351 e. The van der Waals surface area contributed by atoms with Crippen LogP contribution in [0.4, 0.5) is 8.78 Å². The van der Waals surface area contributed by atoms with E-state index in [0.717, 1.165) is 33.6 Å². The number of nitrogens with zero attached hydrogens (tertiary/aromatic N) is 1. The number of nitrogens with one attached hydrogen (secondary N) is 1. The average molecular weight is 435 g/mol. The number of carbonyl (C=O) groups is 3. The highest BCUT2D eigenvalue weighted by molar-refractivity contribution is 7.13. The summed E-state index contributed by atoms with van der Waals surface area (Å²) in [6.07, 6.45) is -2.40. The molecule has 1 aromatic carbocycles. The van der Waals surface area contributed by atoms with Crippen LogP contribution in [0.25, 0.3) is 0 Å². The smallest absolute Gasteiger partial charge is 0.282 e. The minimum absolute atomic E-state index is 0.107. The van der Waals surface area contributed by atoms with E-state index in [-0.39, 0.29) is 29.4 Å². The highest BCUT2D eigenvalue weighted by atomic mass is 32.1.